The maximum atomic E-state index is 14.1. The highest BCUT2D eigenvalue weighted by Crippen LogP contribution is 2.60. The Morgan fingerprint density at radius 3 is 2.64 bits per heavy atom. The molecule has 1 N–H and O–H groups in total. The molecule has 0 aromatic carbocycles. The Labute approximate surface area is 223 Å². The van der Waals surface area contributed by atoms with Gasteiger partial charge in [-0.15, -0.1) is 6.58 Å². The van der Waals surface area contributed by atoms with E-state index in [-0.39, 0.29) is 29.9 Å². The number of alkyl halides is 1. The zero-order valence-corrected chi connectivity index (χ0v) is 23.0. The third-order valence-electron chi connectivity index (χ3n) is 7.64. The number of ether oxygens (including phenoxy) is 2. The molecule has 1 spiro atoms. The largest absolute Gasteiger partial charge is 0.461 e. The molecule has 9 heteroatoms. The molecule has 3 saturated heterocycles. The highest BCUT2D eigenvalue weighted by Gasteiger charge is 2.77. The summed E-state index contributed by atoms with van der Waals surface area (Å²) in [5, 5.41) is 9.09. The van der Waals surface area contributed by atoms with Crippen molar-refractivity contribution in [3.63, 3.8) is 0 Å². The van der Waals surface area contributed by atoms with Gasteiger partial charge in [-0.1, -0.05) is 67.3 Å². The number of aliphatic hydroxyl groups is 1. The third kappa shape index (κ3) is 5.58. The minimum absolute atomic E-state index is 0.0599. The van der Waals surface area contributed by atoms with Crippen LogP contribution in [0.3, 0.4) is 0 Å². The second-order valence-corrected chi connectivity index (χ2v) is 11.2. The Kier molecular flexibility index (Phi) is 10.6. The van der Waals surface area contributed by atoms with Crippen molar-refractivity contribution >= 4 is 33.7 Å². The van der Waals surface area contributed by atoms with Crippen LogP contribution in [0.1, 0.15) is 58.3 Å². The summed E-state index contributed by atoms with van der Waals surface area (Å²) < 4.78 is 11.9. The van der Waals surface area contributed by atoms with E-state index in [0.717, 1.165) is 32.1 Å². The lowest BCUT2D eigenvalue weighted by Gasteiger charge is -2.37. The van der Waals surface area contributed by atoms with Gasteiger partial charge in [0, 0.05) is 31.1 Å². The molecular weight excluding hydrogens is 528 g/mol. The molecule has 3 fully saturated rings. The van der Waals surface area contributed by atoms with Gasteiger partial charge in [0.1, 0.15) is 18.2 Å². The topological polar surface area (TPSA) is 96.4 Å². The molecule has 3 rings (SSSR count). The SMILES string of the molecule is C=CCOC(=O)[C@H]1[C@@H]2OC3(CC2Br)C(C(=O)N(CC=C)CCCCC)N(CCCCCCO)C(=O)[C@H]13. The number of hydrogen-bond donors (Lipinski definition) is 1. The van der Waals surface area contributed by atoms with Crippen molar-refractivity contribution in [2.24, 2.45) is 11.8 Å². The summed E-state index contributed by atoms with van der Waals surface area (Å²) >= 11 is 3.67. The van der Waals surface area contributed by atoms with Gasteiger partial charge < -0.3 is 24.4 Å². The van der Waals surface area contributed by atoms with Gasteiger partial charge in [-0.2, -0.15) is 0 Å². The van der Waals surface area contributed by atoms with Crippen molar-refractivity contribution in [2.75, 3.05) is 32.8 Å². The minimum Gasteiger partial charge on any atom is -0.461 e. The lowest BCUT2D eigenvalue weighted by molar-refractivity contribution is -0.154. The zero-order chi connectivity index (χ0) is 26.3. The quantitative estimate of drug-likeness (QED) is 0.133. The van der Waals surface area contributed by atoms with Crippen LogP contribution in [0.4, 0.5) is 0 Å². The standard InChI is InChI=1S/C27H41BrN2O6/c1-4-7-10-14-29(13-5-2)25(33)23-27-18-19(28)22(36-27)20(26(34)35-17-6-3)21(27)24(32)30(23)15-11-8-9-12-16-31/h5-6,19-23,31H,2-4,7-18H2,1H3/t19?,20-,21+,22-,23?,27?/m1/s1. The number of carbonyl (C=O) groups is 3. The molecule has 6 atom stereocenters. The number of aliphatic hydroxyl groups excluding tert-OH is 1. The number of fused-ring (bicyclic) bond motifs is 1. The van der Waals surface area contributed by atoms with Crippen molar-refractivity contribution < 1.29 is 29.0 Å². The van der Waals surface area contributed by atoms with Crippen LogP contribution >= 0.6 is 15.9 Å². The summed E-state index contributed by atoms with van der Waals surface area (Å²) in [6, 6.07) is -0.795. The molecule has 3 heterocycles. The van der Waals surface area contributed by atoms with E-state index in [1.165, 1.54) is 6.08 Å². The fourth-order valence-electron chi connectivity index (χ4n) is 6.08. The second kappa shape index (κ2) is 13.2. The Morgan fingerprint density at radius 2 is 1.97 bits per heavy atom. The van der Waals surface area contributed by atoms with Crippen LogP contribution in [0, 0.1) is 11.8 Å². The van der Waals surface area contributed by atoms with Gasteiger partial charge in [-0.25, -0.2) is 0 Å². The number of unbranched alkanes of at least 4 members (excludes halogenated alkanes) is 5. The van der Waals surface area contributed by atoms with Crippen molar-refractivity contribution in [3.8, 4) is 0 Å². The van der Waals surface area contributed by atoms with E-state index in [1.807, 2.05) is 0 Å². The Bertz CT molecular complexity index is 822. The number of halogens is 1. The molecule has 3 unspecified atom stereocenters. The molecule has 0 aromatic rings. The summed E-state index contributed by atoms with van der Waals surface area (Å²) in [5.74, 6) is -2.34. The number of amides is 2. The van der Waals surface area contributed by atoms with E-state index < -0.39 is 35.6 Å². The lowest BCUT2D eigenvalue weighted by Crippen LogP contribution is -2.57. The van der Waals surface area contributed by atoms with Crippen molar-refractivity contribution in [1.29, 1.82) is 0 Å². The summed E-state index contributed by atoms with van der Waals surface area (Å²) in [6.45, 7) is 11.1. The van der Waals surface area contributed by atoms with Crippen LogP contribution in [-0.2, 0) is 23.9 Å². The average Bonchev–Trinajstić information content (AvgIpc) is 3.45. The normalized spacial score (nSPS) is 30.4. The van der Waals surface area contributed by atoms with Gasteiger partial charge in [0.15, 0.2) is 0 Å². The highest BCUT2D eigenvalue weighted by molar-refractivity contribution is 9.09. The fourth-order valence-corrected chi connectivity index (χ4v) is 7.02. The van der Waals surface area contributed by atoms with Crippen molar-refractivity contribution in [1.82, 2.24) is 9.80 Å². The molecule has 0 radical (unpaired) electrons. The summed E-state index contributed by atoms with van der Waals surface area (Å²) in [4.78, 5) is 44.4. The highest BCUT2D eigenvalue weighted by atomic mass is 79.9. The van der Waals surface area contributed by atoms with E-state index in [2.05, 4.69) is 36.0 Å². The molecular formula is C27H41BrN2O6. The second-order valence-electron chi connectivity index (χ2n) is 10.0. The Hall–Kier alpha value is -1.71. The monoisotopic (exact) mass is 568 g/mol. The predicted octanol–water partition coefficient (Wildman–Crippen LogP) is 3.22. The zero-order valence-electron chi connectivity index (χ0n) is 21.4. The summed E-state index contributed by atoms with van der Waals surface area (Å²) in [6.07, 6.45) is 9.19. The van der Waals surface area contributed by atoms with Gasteiger partial charge in [0.05, 0.1) is 17.9 Å². The summed E-state index contributed by atoms with van der Waals surface area (Å²) in [7, 11) is 0. The fraction of sp³-hybridized carbons (Fsp3) is 0.741. The van der Waals surface area contributed by atoms with Crippen LogP contribution < -0.4 is 0 Å². The number of rotatable bonds is 16. The Morgan fingerprint density at radius 1 is 1.22 bits per heavy atom. The molecule has 0 aromatic heterocycles. The average molecular weight is 570 g/mol. The molecule has 8 nitrogen and oxygen atoms in total. The molecule has 2 bridgehead atoms. The number of likely N-dealkylation sites (tertiary alicyclic amines) is 1. The Balaban J connectivity index is 1.93. The maximum absolute atomic E-state index is 14.1. The van der Waals surface area contributed by atoms with E-state index in [4.69, 9.17) is 14.6 Å². The van der Waals surface area contributed by atoms with Gasteiger partial charge in [0.2, 0.25) is 11.8 Å². The van der Waals surface area contributed by atoms with Crippen molar-refractivity contribution in [3.05, 3.63) is 25.3 Å². The van der Waals surface area contributed by atoms with Gasteiger partial charge in [-0.05, 0) is 25.7 Å². The molecule has 36 heavy (non-hydrogen) atoms. The number of carbonyl (C=O) groups excluding carboxylic acids is 3. The first-order chi connectivity index (χ1) is 17.4. The molecule has 0 aliphatic carbocycles. The molecule has 3 aliphatic rings. The van der Waals surface area contributed by atoms with E-state index in [9.17, 15) is 14.4 Å². The van der Waals surface area contributed by atoms with Gasteiger partial charge >= 0.3 is 5.97 Å². The number of esters is 1. The lowest BCUT2D eigenvalue weighted by atomic mass is 9.70. The first kappa shape index (κ1) is 28.9. The smallest absolute Gasteiger partial charge is 0.312 e. The van der Waals surface area contributed by atoms with E-state index >= 15 is 0 Å². The molecule has 3 aliphatic heterocycles. The number of hydrogen-bond acceptors (Lipinski definition) is 6. The first-order valence-electron chi connectivity index (χ1n) is 13.3. The van der Waals surface area contributed by atoms with E-state index in [0.29, 0.717) is 38.9 Å². The van der Waals surface area contributed by atoms with Crippen LogP contribution in [-0.4, -0.2) is 88.1 Å². The maximum Gasteiger partial charge on any atom is 0.312 e. The first-order valence-corrected chi connectivity index (χ1v) is 14.2. The predicted molar refractivity (Wildman–Crippen MR) is 140 cm³/mol. The van der Waals surface area contributed by atoms with Crippen LogP contribution in [0.15, 0.2) is 25.3 Å². The van der Waals surface area contributed by atoms with Gasteiger partial charge in [-0.3, -0.25) is 14.4 Å². The van der Waals surface area contributed by atoms with Gasteiger partial charge in [0.25, 0.3) is 0 Å². The van der Waals surface area contributed by atoms with Crippen LogP contribution in [0.5, 0.6) is 0 Å². The van der Waals surface area contributed by atoms with Crippen LogP contribution in [0.2, 0.25) is 0 Å². The summed E-state index contributed by atoms with van der Waals surface area (Å²) in [5.41, 5.74) is -1.07. The molecule has 202 valence electrons. The minimum atomic E-state index is -1.07. The van der Waals surface area contributed by atoms with Crippen molar-refractivity contribution in [2.45, 2.75) is 80.9 Å². The third-order valence-corrected chi connectivity index (χ3v) is 8.48. The molecule has 2 amide bonds. The molecule has 0 saturated carbocycles. The van der Waals surface area contributed by atoms with E-state index in [1.54, 1.807) is 15.9 Å². The number of nitrogens with zero attached hydrogens (tertiary/aromatic N) is 2. The van der Waals surface area contributed by atoms with Crippen LogP contribution in [0.25, 0.3) is 0 Å².